The van der Waals surface area contributed by atoms with Crippen molar-refractivity contribution >= 4 is 39.7 Å². The fraction of sp³-hybridized carbons (Fsp3) is 0.333. The first-order chi connectivity index (χ1) is 14.9. The van der Waals surface area contributed by atoms with Gasteiger partial charge in [0, 0.05) is 16.5 Å². The molecule has 0 bridgehead atoms. The van der Waals surface area contributed by atoms with Crippen LogP contribution in [0.5, 0.6) is 11.5 Å². The van der Waals surface area contributed by atoms with Gasteiger partial charge in [0.25, 0.3) is 0 Å². The summed E-state index contributed by atoms with van der Waals surface area (Å²) in [6.45, 7) is 4.89. The second-order valence-corrected chi connectivity index (χ2v) is 8.33. The Kier molecular flexibility index (Phi) is 8.34. The van der Waals surface area contributed by atoms with Crippen LogP contribution in [-0.2, 0) is 19.6 Å². The molecule has 6 nitrogen and oxygen atoms in total. The van der Waals surface area contributed by atoms with E-state index in [-0.39, 0.29) is 6.61 Å². The van der Waals surface area contributed by atoms with E-state index in [1.165, 1.54) is 6.07 Å². The van der Waals surface area contributed by atoms with Gasteiger partial charge in [0.05, 0.1) is 18.2 Å². The van der Waals surface area contributed by atoms with E-state index in [0.29, 0.717) is 40.0 Å². The molecule has 0 saturated heterocycles. The summed E-state index contributed by atoms with van der Waals surface area (Å²) in [6, 6.07) is 8.22. The average Bonchev–Trinajstić information content (AvgIpc) is 3.08. The van der Waals surface area contributed by atoms with Crippen LogP contribution in [0.25, 0.3) is 0 Å². The molecule has 0 fully saturated rings. The quantitative estimate of drug-likeness (QED) is 0.308. The predicted octanol–water partition coefficient (Wildman–Crippen LogP) is 6.17. The van der Waals surface area contributed by atoms with Crippen LogP contribution in [0.15, 0.2) is 34.8 Å². The molecule has 2 N–H and O–H groups in total. The maximum absolute atomic E-state index is 14.1. The third-order valence-corrected chi connectivity index (χ3v) is 5.86. The van der Waals surface area contributed by atoms with E-state index in [4.69, 9.17) is 33.3 Å². The van der Waals surface area contributed by atoms with Crippen LogP contribution in [-0.4, -0.2) is 21.5 Å². The zero-order chi connectivity index (χ0) is 22.4. The highest BCUT2D eigenvalue weighted by Crippen LogP contribution is 2.35. The van der Waals surface area contributed by atoms with Gasteiger partial charge in [0.15, 0.2) is 17.3 Å². The maximum atomic E-state index is 14.1. The Bertz CT molecular complexity index is 1090. The molecule has 0 aliphatic carbocycles. The standard InChI is InChI=1S/C21H23BrClFN4O2S/c1-3-6-20-26-27-21(31)28(20)25-11-13-9-18(29-4-2)19(10-15(13)22)30-12-14-16(23)7-5-8-17(14)24/h5,7-10,25H,3-4,6,11-12H2,1-2H3,(H,27,31). The van der Waals surface area contributed by atoms with Crippen LogP contribution in [0.4, 0.5) is 4.39 Å². The molecule has 0 spiro atoms. The summed E-state index contributed by atoms with van der Waals surface area (Å²) < 4.78 is 28.8. The molecule has 3 aromatic rings. The number of H-pyrrole nitrogens is 1. The smallest absolute Gasteiger partial charge is 0.214 e. The third-order valence-electron chi connectivity index (χ3n) is 4.49. The fourth-order valence-electron chi connectivity index (χ4n) is 2.96. The van der Waals surface area contributed by atoms with Crippen molar-refractivity contribution in [3.63, 3.8) is 0 Å². The van der Waals surface area contributed by atoms with Gasteiger partial charge in [-0.15, -0.1) is 0 Å². The monoisotopic (exact) mass is 528 g/mol. The van der Waals surface area contributed by atoms with Crippen molar-refractivity contribution in [2.24, 2.45) is 0 Å². The van der Waals surface area contributed by atoms with E-state index in [9.17, 15) is 4.39 Å². The molecule has 0 atom stereocenters. The van der Waals surface area contributed by atoms with Gasteiger partial charge in [-0.25, -0.2) is 9.07 Å². The van der Waals surface area contributed by atoms with Crippen molar-refractivity contribution in [2.45, 2.75) is 39.8 Å². The Morgan fingerprint density at radius 1 is 1.26 bits per heavy atom. The number of halogens is 3. The Hall–Kier alpha value is -2.10. The zero-order valence-corrected chi connectivity index (χ0v) is 20.3. The van der Waals surface area contributed by atoms with Gasteiger partial charge >= 0.3 is 0 Å². The van der Waals surface area contributed by atoms with Gasteiger partial charge in [-0.05, 0) is 55.4 Å². The maximum Gasteiger partial charge on any atom is 0.214 e. The minimum atomic E-state index is -0.412. The lowest BCUT2D eigenvalue weighted by Gasteiger charge is -2.17. The second kappa shape index (κ2) is 11.0. The Morgan fingerprint density at radius 2 is 2.03 bits per heavy atom. The first kappa shape index (κ1) is 23.6. The summed E-state index contributed by atoms with van der Waals surface area (Å²) >= 11 is 15.0. The lowest BCUT2D eigenvalue weighted by molar-refractivity contribution is 0.265. The lowest BCUT2D eigenvalue weighted by atomic mass is 10.2. The first-order valence-electron chi connectivity index (χ1n) is 9.85. The molecule has 0 aliphatic heterocycles. The predicted molar refractivity (Wildman–Crippen MR) is 126 cm³/mol. The van der Waals surface area contributed by atoms with Crippen LogP contribution >= 0.6 is 39.7 Å². The van der Waals surface area contributed by atoms with Crippen LogP contribution in [0.2, 0.25) is 5.02 Å². The molecule has 0 saturated carbocycles. The summed E-state index contributed by atoms with van der Waals surface area (Å²) in [5, 5.41) is 7.38. The number of aromatic amines is 1. The first-order valence-corrected chi connectivity index (χ1v) is 11.4. The lowest BCUT2D eigenvalue weighted by Crippen LogP contribution is -2.18. The van der Waals surface area contributed by atoms with Crippen molar-refractivity contribution in [3.05, 3.63) is 67.4 Å². The SMILES string of the molecule is CCCc1n[nH]c(=S)n1NCc1cc(OCC)c(OCc2c(F)cccc2Cl)cc1Br. The van der Waals surface area contributed by atoms with Crippen molar-refractivity contribution < 1.29 is 13.9 Å². The molecular weight excluding hydrogens is 507 g/mol. The molecule has 3 rings (SSSR count). The summed E-state index contributed by atoms with van der Waals surface area (Å²) in [5.74, 6) is 1.48. The fourth-order valence-corrected chi connectivity index (χ4v) is 3.86. The minimum absolute atomic E-state index is 0.0137. The Morgan fingerprint density at radius 3 is 2.74 bits per heavy atom. The van der Waals surface area contributed by atoms with E-state index < -0.39 is 5.82 Å². The number of nitrogens with one attached hydrogen (secondary N) is 2. The number of hydrogen-bond donors (Lipinski definition) is 2. The van der Waals surface area contributed by atoms with Crippen LogP contribution in [0.3, 0.4) is 0 Å². The molecule has 166 valence electrons. The summed E-state index contributed by atoms with van der Waals surface area (Å²) in [4.78, 5) is 0. The van der Waals surface area contributed by atoms with E-state index >= 15 is 0 Å². The van der Waals surface area contributed by atoms with Gasteiger partial charge < -0.3 is 14.9 Å². The van der Waals surface area contributed by atoms with Gasteiger partial charge in [0.1, 0.15) is 12.4 Å². The topological polar surface area (TPSA) is 64.1 Å². The van der Waals surface area contributed by atoms with E-state index in [2.05, 4.69) is 38.5 Å². The Labute approximate surface area is 198 Å². The molecule has 0 unspecified atom stereocenters. The zero-order valence-electron chi connectivity index (χ0n) is 17.2. The molecule has 0 amide bonds. The van der Waals surface area contributed by atoms with Gasteiger partial charge in [-0.1, -0.05) is 40.5 Å². The number of ether oxygens (including phenoxy) is 2. The molecule has 31 heavy (non-hydrogen) atoms. The largest absolute Gasteiger partial charge is 0.490 e. The number of benzene rings is 2. The summed E-state index contributed by atoms with van der Waals surface area (Å²) in [5.41, 5.74) is 4.52. The molecule has 0 aliphatic rings. The number of hydrogen-bond acceptors (Lipinski definition) is 5. The number of rotatable bonds is 10. The average molecular weight is 530 g/mol. The van der Waals surface area contributed by atoms with E-state index in [0.717, 1.165) is 28.7 Å². The normalized spacial score (nSPS) is 10.9. The van der Waals surface area contributed by atoms with Gasteiger partial charge in [-0.3, -0.25) is 5.10 Å². The molecule has 2 aromatic carbocycles. The van der Waals surface area contributed by atoms with Crippen LogP contribution in [0, 0.1) is 10.6 Å². The Balaban J connectivity index is 1.80. The number of aryl methyl sites for hydroxylation is 1. The second-order valence-electron chi connectivity index (χ2n) is 6.68. The summed E-state index contributed by atoms with van der Waals surface area (Å²) in [7, 11) is 0. The van der Waals surface area contributed by atoms with Gasteiger partial charge in [-0.2, -0.15) is 5.10 Å². The van der Waals surface area contributed by atoms with E-state index in [1.807, 2.05) is 13.0 Å². The highest BCUT2D eigenvalue weighted by Gasteiger charge is 2.14. The molecule has 1 heterocycles. The van der Waals surface area contributed by atoms with Gasteiger partial charge in [0.2, 0.25) is 4.77 Å². The third kappa shape index (κ3) is 5.78. The molecule has 1 aromatic heterocycles. The van der Waals surface area contributed by atoms with Crippen molar-refractivity contribution in [1.82, 2.24) is 14.9 Å². The van der Waals surface area contributed by atoms with E-state index in [1.54, 1.807) is 22.9 Å². The van der Waals surface area contributed by atoms with Crippen molar-refractivity contribution in [1.29, 1.82) is 0 Å². The molecule has 10 heteroatoms. The number of nitrogens with zero attached hydrogens (tertiary/aromatic N) is 2. The van der Waals surface area contributed by atoms with Crippen LogP contribution in [0.1, 0.15) is 37.2 Å². The summed E-state index contributed by atoms with van der Waals surface area (Å²) in [6.07, 6.45) is 1.76. The van der Waals surface area contributed by atoms with Crippen molar-refractivity contribution in [3.8, 4) is 11.5 Å². The highest BCUT2D eigenvalue weighted by molar-refractivity contribution is 9.10. The molecular formula is C21H23BrClFN4O2S. The molecule has 0 radical (unpaired) electrons. The van der Waals surface area contributed by atoms with Crippen LogP contribution < -0.4 is 14.9 Å². The number of aromatic nitrogens is 3. The van der Waals surface area contributed by atoms with Crippen molar-refractivity contribution in [2.75, 3.05) is 12.0 Å². The minimum Gasteiger partial charge on any atom is -0.490 e. The highest BCUT2D eigenvalue weighted by atomic mass is 79.9.